The molecule has 0 spiro atoms. The molecule has 1 heterocycles. The molecule has 0 fully saturated rings. The number of amides is 1. The summed E-state index contributed by atoms with van der Waals surface area (Å²) in [6, 6.07) is 9.46. The van der Waals surface area contributed by atoms with Crippen LogP contribution in [0.15, 0.2) is 48.8 Å². The molecule has 2 rings (SSSR count). The van der Waals surface area contributed by atoms with E-state index in [1.807, 2.05) is 12.1 Å². The summed E-state index contributed by atoms with van der Waals surface area (Å²) in [7, 11) is 3.60. The molecule has 0 unspecified atom stereocenters. The molecule has 1 atom stereocenters. The summed E-state index contributed by atoms with van der Waals surface area (Å²) in [6.07, 6.45) is 4.21. The van der Waals surface area contributed by atoms with Crippen molar-refractivity contribution in [2.45, 2.75) is 12.5 Å². The zero-order valence-corrected chi connectivity index (χ0v) is 12.8. The van der Waals surface area contributed by atoms with Gasteiger partial charge in [0.15, 0.2) is 0 Å². The van der Waals surface area contributed by atoms with Crippen molar-refractivity contribution >= 4 is 5.91 Å². The van der Waals surface area contributed by atoms with E-state index < -0.39 is 6.04 Å². The van der Waals surface area contributed by atoms with E-state index in [9.17, 15) is 9.18 Å². The average Bonchev–Trinajstić information content (AvgIpc) is 2.48. The molecule has 0 saturated carbocycles. The van der Waals surface area contributed by atoms with Gasteiger partial charge in [0.1, 0.15) is 11.9 Å². The Morgan fingerprint density at radius 1 is 1.32 bits per heavy atom. The predicted octanol–water partition coefficient (Wildman–Crippen LogP) is 2.18. The van der Waals surface area contributed by atoms with Crippen LogP contribution >= 0.6 is 0 Å². The van der Waals surface area contributed by atoms with Crippen molar-refractivity contribution in [1.82, 2.24) is 15.2 Å². The van der Waals surface area contributed by atoms with E-state index in [0.717, 1.165) is 5.56 Å². The van der Waals surface area contributed by atoms with E-state index in [4.69, 9.17) is 0 Å². The quantitative estimate of drug-likeness (QED) is 0.889. The maximum atomic E-state index is 13.4. The fourth-order valence-corrected chi connectivity index (χ4v) is 2.33. The van der Waals surface area contributed by atoms with Gasteiger partial charge >= 0.3 is 0 Å². The fraction of sp³-hybridized carbons (Fsp3) is 0.294. The van der Waals surface area contributed by atoms with Crippen molar-refractivity contribution in [3.8, 4) is 0 Å². The molecule has 0 saturated heterocycles. The summed E-state index contributed by atoms with van der Waals surface area (Å²) in [5, 5.41) is 2.90. The molecule has 116 valence electrons. The zero-order valence-electron chi connectivity index (χ0n) is 12.8. The number of aromatic nitrogens is 1. The highest BCUT2D eigenvalue weighted by Crippen LogP contribution is 2.19. The first-order valence-electron chi connectivity index (χ1n) is 7.16. The first-order valence-corrected chi connectivity index (χ1v) is 7.16. The number of hydrogen-bond acceptors (Lipinski definition) is 3. The Morgan fingerprint density at radius 3 is 2.77 bits per heavy atom. The highest BCUT2D eigenvalue weighted by atomic mass is 19.1. The van der Waals surface area contributed by atoms with E-state index in [1.165, 1.54) is 12.1 Å². The molecule has 0 radical (unpaired) electrons. The SMILES string of the molecule is CN(C)[C@@H](C(=O)NCCc1cccnc1)c1cccc(F)c1. The van der Waals surface area contributed by atoms with Gasteiger partial charge in [-0.2, -0.15) is 0 Å². The van der Waals surface area contributed by atoms with Gasteiger partial charge in [-0.1, -0.05) is 18.2 Å². The Labute approximate surface area is 130 Å². The molecule has 0 bridgehead atoms. The Morgan fingerprint density at radius 2 is 2.14 bits per heavy atom. The van der Waals surface area contributed by atoms with Gasteiger partial charge in [-0.25, -0.2) is 4.39 Å². The van der Waals surface area contributed by atoms with Crippen molar-refractivity contribution in [1.29, 1.82) is 0 Å². The van der Waals surface area contributed by atoms with Gasteiger partial charge in [0.2, 0.25) is 5.91 Å². The molecule has 1 aromatic heterocycles. The molecule has 1 amide bonds. The Balaban J connectivity index is 1.98. The van der Waals surface area contributed by atoms with Crippen molar-refractivity contribution in [3.63, 3.8) is 0 Å². The first-order chi connectivity index (χ1) is 10.6. The van der Waals surface area contributed by atoms with Crippen LogP contribution in [0, 0.1) is 5.82 Å². The largest absolute Gasteiger partial charge is 0.354 e. The third-order valence-corrected chi connectivity index (χ3v) is 3.36. The van der Waals surface area contributed by atoms with Crippen molar-refractivity contribution in [3.05, 3.63) is 65.7 Å². The zero-order chi connectivity index (χ0) is 15.9. The van der Waals surface area contributed by atoms with Crippen molar-refractivity contribution < 1.29 is 9.18 Å². The van der Waals surface area contributed by atoms with Gasteiger partial charge in [0.25, 0.3) is 0 Å². The van der Waals surface area contributed by atoms with E-state index in [0.29, 0.717) is 18.5 Å². The Kier molecular flexibility index (Phi) is 5.61. The van der Waals surface area contributed by atoms with E-state index in [1.54, 1.807) is 43.5 Å². The van der Waals surface area contributed by atoms with Crippen LogP contribution in [0.3, 0.4) is 0 Å². The third kappa shape index (κ3) is 4.36. The standard InChI is InChI=1S/C17H20FN3O/c1-21(2)16(14-6-3-7-15(18)11-14)17(22)20-10-8-13-5-4-9-19-12-13/h3-7,9,11-12,16H,8,10H2,1-2H3,(H,20,22)/t16-/m1/s1. The lowest BCUT2D eigenvalue weighted by Gasteiger charge is -2.24. The minimum Gasteiger partial charge on any atom is -0.354 e. The van der Waals surface area contributed by atoms with Gasteiger partial charge in [-0.05, 0) is 49.8 Å². The number of halogens is 1. The van der Waals surface area contributed by atoms with Gasteiger partial charge in [-0.15, -0.1) is 0 Å². The van der Waals surface area contributed by atoms with Crippen LogP contribution in [0.25, 0.3) is 0 Å². The lowest BCUT2D eigenvalue weighted by molar-refractivity contribution is -0.125. The molecule has 1 aromatic carbocycles. The second-order valence-electron chi connectivity index (χ2n) is 5.32. The van der Waals surface area contributed by atoms with Gasteiger partial charge < -0.3 is 5.32 Å². The molecular formula is C17H20FN3O. The maximum absolute atomic E-state index is 13.4. The lowest BCUT2D eigenvalue weighted by Crippen LogP contribution is -2.38. The van der Waals surface area contributed by atoms with Crippen LogP contribution in [-0.2, 0) is 11.2 Å². The number of pyridine rings is 1. The number of carbonyl (C=O) groups is 1. The molecule has 22 heavy (non-hydrogen) atoms. The first kappa shape index (κ1) is 16.1. The minimum atomic E-state index is -0.510. The van der Waals surface area contributed by atoms with Crippen LogP contribution in [0.5, 0.6) is 0 Å². The molecule has 4 nitrogen and oxygen atoms in total. The summed E-state index contributed by atoms with van der Waals surface area (Å²) >= 11 is 0. The number of carbonyl (C=O) groups excluding carboxylic acids is 1. The monoisotopic (exact) mass is 301 g/mol. The molecule has 0 aliphatic carbocycles. The molecular weight excluding hydrogens is 281 g/mol. The van der Waals surface area contributed by atoms with Crippen LogP contribution in [-0.4, -0.2) is 36.4 Å². The summed E-state index contributed by atoms with van der Waals surface area (Å²) in [4.78, 5) is 18.2. The number of rotatable bonds is 6. The Bertz CT molecular complexity index is 616. The van der Waals surface area contributed by atoms with Crippen molar-refractivity contribution in [2.75, 3.05) is 20.6 Å². The maximum Gasteiger partial charge on any atom is 0.241 e. The number of benzene rings is 1. The highest BCUT2D eigenvalue weighted by Gasteiger charge is 2.22. The third-order valence-electron chi connectivity index (χ3n) is 3.36. The number of likely N-dealkylation sites (N-methyl/N-ethyl adjacent to an activating group) is 1. The Hall–Kier alpha value is -2.27. The smallest absolute Gasteiger partial charge is 0.241 e. The molecule has 1 N–H and O–H groups in total. The molecule has 0 aliphatic rings. The fourth-order valence-electron chi connectivity index (χ4n) is 2.33. The van der Waals surface area contributed by atoms with Gasteiger partial charge in [0.05, 0.1) is 0 Å². The molecule has 5 heteroatoms. The minimum absolute atomic E-state index is 0.139. The van der Waals surface area contributed by atoms with Gasteiger partial charge in [-0.3, -0.25) is 14.7 Å². The number of nitrogens with one attached hydrogen (secondary N) is 1. The van der Waals surface area contributed by atoms with Crippen LogP contribution in [0.4, 0.5) is 4.39 Å². The molecule has 0 aliphatic heterocycles. The number of hydrogen-bond donors (Lipinski definition) is 1. The van der Waals surface area contributed by atoms with Crippen LogP contribution in [0.1, 0.15) is 17.2 Å². The summed E-state index contributed by atoms with van der Waals surface area (Å²) in [5.41, 5.74) is 1.71. The second kappa shape index (κ2) is 7.66. The summed E-state index contributed by atoms with van der Waals surface area (Å²) < 4.78 is 13.4. The predicted molar refractivity (Wildman–Crippen MR) is 83.8 cm³/mol. The van der Waals surface area contributed by atoms with Crippen LogP contribution in [0.2, 0.25) is 0 Å². The van der Waals surface area contributed by atoms with Crippen LogP contribution < -0.4 is 5.32 Å². The number of nitrogens with zero attached hydrogens (tertiary/aromatic N) is 2. The summed E-state index contributed by atoms with van der Waals surface area (Å²) in [6.45, 7) is 0.518. The molecule has 2 aromatic rings. The average molecular weight is 301 g/mol. The second-order valence-corrected chi connectivity index (χ2v) is 5.32. The van der Waals surface area contributed by atoms with Crippen molar-refractivity contribution in [2.24, 2.45) is 0 Å². The van der Waals surface area contributed by atoms with E-state index in [2.05, 4.69) is 10.3 Å². The highest BCUT2D eigenvalue weighted by molar-refractivity contribution is 5.83. The van der Waals surface area contributed by atoms with E-state index in [-0.39, 0.29) is 11.7 Å². The van der Waals surface area contributed by atoms with E-state index >= 15 is 0 Å². The topological polar surface area (TPSA) is 45.2 Å². The van der Waals surface area contributed by atoms with Gasteiger partial charge in [0, 0.05) is 18.9 Å². The summed E-state index contributed by atoms with van der Waals surface area (Å²) in [5.74, 6) is -0.480. The normalized spacial score (nSPS) is 12.2. The lowest BCUT2D eigenvalue weighted by atomic mass is 10.0.